The zero-order chi connectivity index (χ0) is 12.9. The highest BCUT2D eigenvalue weighted by Crippen LogP contribution is 2.08. The molecule has 2 aromatic heterocycles. The van der Waals surface area contributed by atoms with Gasteiger partial charge in [0.15, 0.2) is 0 Å². The summed E-state index contributed by atoms with van der Waals surface area (Å²) in [5, 5.41) is 8.35. The van der Waals surface area contributed by atoms with Crippen molar-refractivity contribution in [1.82, 2.24) is 20.0 Å². The molecule has 0 saturated carbocycles. The van der Waals surface area contributed by atoms with Crippen LogP contribution in [0.3, 0.4) is 0 Å². The van der Waals surface area contributed by atoms with E-state index in [9.17, 15) is 0 Å². The van der Waals surface area contributed by atoms with Gasteiger partial charge in [0.2, 0.25) is 0 Å². The first kappa shape index (κ1) is 11.6. The van der Waals surface area contributed by atoms with Crippen LogP contribution in [0.15, 0.2) is 61.1 Å². The van der Waals surface area contributed by atoms with Gasteiger partial charge in [-0.25, -0.2) is 4.68 Å². The topological polar surface area (TPSA) is 43.6 Å². The summed E-state index contributed by atoms with van der Waals surface area (Å²) in [5.74, 6) is 0. The van der Waals surface area contributed by atoms with Crippen LogP contribution in [0.4, 0.5) is 0 Å². The fourth-order valence-corrected chi connectivity index (χ4v) is 1.94. The molecule has 0 atom stereocenters. The number of nitrogens with zero attached hydrogens (tertiary/aromatic N) is 4. The second-order valence-electron chi connectivity index (χ2n) is 4.35. The second kappa shape index (κ2) is 5.44. The normalized spacial score (nSPS) is 10.5. The third-order valence-corrected chi connectivity index (χ3v) is 2.95. The van der Waals surface area contributed by atoms with Crippen LogP contribution >= 0.6 is 0 Å². The molecule has 0 aliphatic carbocycles. The van der Waals surface area contributed by atoms with E-state index in [1.807, 2.05) is 48.8 Å². The van der Waals surface area contributed by atoms with Crippen molar-refractivity contribution in [2.45, 2.75) is 12.8 Å². The average Bonchev–Trinajstić information content (AvgIpc) is 2.96. The summed E-state index contributed by atoms with van der Waals surface area (Å²) >= 11 is 0. The van der Waals surface area contributed by atoms with Gasteiger partial charge < -0.3 is 0 Å². The molecule has 2 heterocycles. The van der Waals surface area contributed by atoms with E-state index in [4.69, 9.17) is 0 Å². The van der Waals surface area contributed by atoms with E-state index in [2.05, 4.69) is 21.4 Å². The molecule has 4 heteroatoms. The Balaban J connectivity index is 1.69. The fraction of sp³-hybridized carbons (Fsp3) is 0.133. The van der Waals surface area contributed by atoms with Crippen LogP contribution in [-0.2, 0) is 12.8 Å². The van der Waals surface area contributed by atoms with Gasteiger partial charge in [-0.2, -0.15) is 0 Å². The van der Waals surface area contributed by atoms with Crippen molar-refractivity contribution in [2.24, 2.45) is 0 Å². The first-order valence-corrected chi connectivity index (χ1v) is 6.27. The van der Waals surface area contributed by atoms with E-state index in [-0.39, 0.29) is 0 Å². The first-order chi connectivity index (χ1) is 9.42. The molecule has 0 saturated heterocycles. The van der Waals surface area contributed by atoms with Crippen LogP contribution in [0.2, 0.25) is 0 Å². The van der Waals surface area contributed by atoms with Gasteiger partial charge in [0.1, 0.15) is 0 Å². The quantitative estimate of drug-likeness (QED) is 0.714. The van der Waals surface area contributed by atoms with Crippen LogP contribution in [0.5, 0.6) is 0 Å². The highest BCUT2D eigenvalue weighted by atomic mass is 15.4. The Hall–Kier alpha value is -2.49. The number of aryl methyl sites for hydroxylation is 2. The standard InChI is InChI=1S/C15H14N4/c1-2-6-15(7-3-1)19-12-14(17-18-19)9-8-13-5-4-10-16-11-13/h1-7,10-12H,8-9H2. The van der Waals surface area contributed by atoms with Crippen LogP contribution in [0.1, 0.15) is 11.3 Å². The van der Waals surface area contributed by atoms with Gasteiger partial charge in [-0.3, -0.25) is 4.98 Å². The molecule has 0 aliphatic heterocycles. The largest absolute Gasteiger partial charge is 0.264 e. The Morgan fingerprint density at radius 1 is 0.947 bits per heavy atom. The molecule has 4 nitrogen and oxygen atoms in total. The highest BCUT2D eigenvalue weighted by Gasteiger charge is 2.03. The molecule has 1 aromatic carbocycles. The lowest BCUT2D eigenvalue weighted by atomic mass is 10.1. The minimum absolute atomic E-state index is 0.874. The molecule has 0 bridgehead atoms. The highest BCUT2D eigenvalue weighted by molar-refractivity contribution is 5.30. The number of pyridine rings is 1. The molecule has 0 N–H and O–H groups in total. The van der Waals surface area contributed by atoms with E-state index in [0.29, 0.717) is 0 Å². The number of para-hydroxylation sites is 1. The SMILES string of the molecule is c1ccc(-n2cc(CCc3cccnc3)nn2)cc1. The van der Waals surface area contributed by atoms with Crippen molar-refractivity contribution in [3.63, 3.8) is 0 Å². The number of hydrogen-bond acceptors (Lipinski definition) is 3. The van der Waals surface area contributed by atoms with Gasteiger partial charge in [-0.15, -0.1) is 5.10 Å². The Morgan fingerprint density at radius 2 is 1.84 bits per heavy atom. The summed E-state index contributed by atoms with van der Waals surface area (Å²) in [7, 11) is 0. The summed E-state index contributed by atoms with van der Waals surface area (Å²) in [6.45, 7) is 0. The molecule has 3 rings (SSSR count). The van der Waals surface area contributed by atoms with Crippen LogP contribution < -0.4 is 0 Å². The molecule has 3 aromatic rings. The molecule has 94 valence electrons. The lowest BCUT2D eigenvalue weighted by molar-refractivity contribution is 0.793. The molecule has 0 unspecified atom stereocenters. The molecular formula is C15H14N4. The summed E-state index contributed by atoms with van der Waals surface area (Å²) in [4.78, 5) is 4.11. The minimum atomic E-state index is 0.874. The summed E-state index contributed by atoms with van der Waals surface area (Å²) in [5.41, 5.74) is 3.24. The van der Waals surface area contributed by atoms with E-state index >= 15 is 0 Å². The lowest BCUT2D eigenvalue weighted by Gasteiger charge is -1.98. The molecule has 0 fully saturated rings. The Morgan fingerprint density at radius 3 is 2.63 bits per heavy atom. The van der Waals surface area contributed by atoms with Gasteiger partial charge in [0.05, 0.1) is 17.6 Å². The third-order valence-electron chi connectivity index (χ3n) is 2.95. The zero-order valence-corrected chi connectivity index (χ0v) is 10.5. The molecule has 0 spiro atoms. The van der Waals surface area contributed by atoms with E-state index < -0.39 is 0 Å². The van der Waals surface area contributed by atoms with Gasteiger partial charge in [-0.1, -0.05) is 29.5 Å². The monoisotopic (exact) mass is 250 g/mol. The Labute approximate surface area is 111 Å². The van der Waals surface area contributed by atoms with Crippen molar-refractivity contribution in [3.05, 3.63) is 72.3 Å². The number of aromatic nitrogens is 4. The maximum atomic E-state index is 4.20. The van der Waals surface area contributed by atoms with Gasteiger partial charge in [0, 0.05) is 12.4 Å². The summed E-state index contributed by atoms with van der Waals surface area (Å²) < 4.78 is 1.80. The van der Waals surface area contributed by atoms with E-state index in [1.54, 1.807) is 10.9 Å². The van der Waals surface area contributed by atoms with Crippen molar-refractivity contribution >= 4 is 0 Å². The van der Waals surface area contributed by atoms with Crippen molar-refractivity contribution < 1.29 is 0 Å². The third kappa shape index (κ3) is 2.85. The van der Waals surface area contributed by atoms with Crippen LogP contribution in [-0.4, -0.2) is 20.0 Å². The summed E-state index contributed by atoms with van der Waals surface area (Å²) in [6.07, 6.45) is 7.46. The van der Waals surface area contributed by atoms with Crippen molar-refractivity contribution in [2.75, 3.05) is 0 Å². The second-order valence-corrected chi connectivity index (χ2v) is 4.35. The first-order valence-electron chi connectivity index (χ1n) is 6.27. The summed E-state index contributed by atoms with van der Waals surface area (Å²) in [6, 6.07) is 14.0. The van der Waals surface area contributed by atoms with Crippen molar-refractivity contribution in [3.8, 4) is 5.69 Å². The number of hydrogen-bond donors (Lipinski definition) is 0. The predicted molar refractivity (Wildman–Crippen MR) is 73.0 cm³/mol. The van der Waals surface area contributed by atoms with E-state index in [1.165, 1.54) is 5.56 Å². The van der Waals surface area contributed by atoms with Crippen LogP contribution in [0, 0.1) is 0 Å². The minimum Gasteiger partial charge on any atom is -0.264 e. The van der Waals surface area contributed by atoms with Crippen LogP contribution in [0.25, 0.3) is 5.69 Å². The van der Waals surface area contributed by atoms with E-state index in [0.717, 1.165) is 24.2 Å². The lowest BCUT2D eigenvalue weighted by Crippen LogP contribution is -1.93. The Kier molecular flexibility index (Phi) is 3.32. The number of rotatable bonds is 4. The predicted octanol–water partition coefficient (Wildman–Crippen LogP) is 2.45. The van der Waals surface area contributed by atoms with Gasteiger partial charge >= 0.3 is 0 Å². The maximum Gasteiger partial charge on any atom is 0.0835 e. The van der Waals surface area contributed by atoms with Gasteiger partial charge in [-0.05, 0) is 36.6 Å². The average molecular weight is 250 g/mol. The zero-order valence-electron chi connectivity index (χ0n) is 10.5. The maximum absolute atomic E-state index is 4.20. The smallest absolute Gasteiger partial charge is 0.0835 e. The number of benzene rings is 1. The van der Waals surface area contributed by atoms with Crippen molar-refractivity contribution in [1.29, 1.82) is 0 Å². The fourth-order valence-electron chi connectivity index (χ4n) is 1.94. The molecule has 0 radical (unpaired) electrons. The molecule has 0 amide bonds. The molecular weight excluding hydrogens is 236 g/mol. The Bertz CT molecular complexity index is 632. The molecule has 19 heavy (non-hydrogen) atoms. The van der Waals surface area contributed by atoms with Gasteiger partial charge in [0.25, 0.3) is 0 Å². The molecule has 0 aliphatic rings.